The summed E-state index contributed by atoms with van der Waals surface area (Å²) >= 11 is 4.11. The van der Waals surface area contributed by atoms with E-state index in [0.717, 1.165) is 16.7 Å². The van der Waals surface area contributed by atoms with E-state index < -0.39 is 0 Å². The minimum Gasteiger partial charge on any atom is -0.392 e. The number of aliphatic hydroxyl groups excluding tert-OH is 1. The first-order valence-electron chi connectivity index (χ1n) is 7.41. The Morgan fingerprint density at radius 3 is 2.09 bits per heavy atom. The van der Waals surface area contributed by atoms with Gasteiger partial charge in [0.15, 0.2) is 0 Å². The molecule has 0 unspecified atom stereocenters. The zero-order valence-electron chi connectivity index (χ0n) is 12.8. The van der Waals surface area contributed by atoms with E-state index in [1.807, 2.05) is 17.4 Å². The van der Waals surface area contributed by atoms with E-state index in [4.69, 9.17) is 0 Å². The molecule has 1 heterocycles. The number of rotatable bonds is 4. The van der Waals surface area contributed by atoms with Crippen molar-refractivity contribution in [1.29, 1.82) is 0 Å². The van der Waals surface area contributed by atoms with E-state index in [9.17, 15) is 5.11 Å². The maximum atomic E-state index is 9.37. The first-order chi connectivity index (χ1) is 11.2. The summed E-state index contributed by atoms with van der Waals surface area (Å²) < 4.78 is 1.21. The van der Waals surface area contributed by atoms with Gasteiger partial charge < -0.3 is 5.11 Å². The Balaban J connectivity index is 1.95. The molecule has 1 N–H and O–H groups in total. The fraction of sp³-hybridized carbons (Fsp3) is 0.100. The van der Waals surface area contributed by atoms with Crippen LogP contribution in [-0.4, -0.2) is 11.7 Å². The molecule has 1 nitrogen and oxygen atoms in total. The Hall–Kier alpha value is -1.43. The highest BCUT2D eigenvalue weighted by atomic mass is 127. The summed E-state index contributed by atoms with van der Waals surface area (Å²) in [6.07, 6.45) is 1.87. The second kappa shape index (κ2) is 7.43. The zero-order valence-corrected chi connectivity index (χ0v) is 15.8. The number of thiophene rings is 1. The molecule has 23 heavy (non-hydrogen) atoms. The van der Waals surface area contributed by atoms with Gasteiger partial charge in [0.2, 0.25) is 0 Å². The van der Waals surface area contributed by atoms with Crippen molar-refractivity contribution in [2.75, 3.05) is 6.61 Å². The van der Waals surface area contributed by atoms with E-state index in [-0.39, 0.29) is 6.61 Å². The summed E-state index contributed by atoms with van der Waals surface area (Å²) in [6.45, 7) is 2.16. The second-order valence-electron chi connectivity index (χ2n) is 5.29. The lowest BCUT2D eigenvalue weighted by Crippen LogP contribution is -1.90. The van der Waals surface area contributed by atoms with E-state index in [1.54, 1.807) is 0 Å². The van der Waals surface area contributed by atoms with Gasteiger partial charge in [0.05, 0.1) is 6.61 Å². The van der Waals surface area contributed by atoms with Crippen LogP contribution < -0.4 is 0 Å². The molecule has 3 heteroatoms. The van der Waals surface area contributed by atoms with Crippen LogP contribution in [-0.2, 0) is 0 Å². The Labute approximate surface area is 154 Å². The quantitative estimate of drug-likeness (QED) is 0.521. The first-order valence-corrected chi connectivity index (χ1v) is 9.31. The minimum absolute atomic E-state index is 0.0349. The zero-order chi connectivity index (χ0) is 16.2. The molecule has 0 aliphatic heterocycles. The van der Waals surface area contributed by atoms with Crippen molar-refractivity contribution in [3.63, 3.8) is 0 Å². The van der Waals surface area contributed by atoms with E-state index in [1.165, 1.54) is 18.9 Å². The summed E-state index contributed by atoms with van der Waals surface area (Å²) in [5, 5.41) is 9.37. The molecule has 0 radical (unpaired) electrons. The second-order valence-corrected chi connectivity index (χ2v) is 7.83. The Bertz CT molecular complexity index is 814. The van der Waals surface area contributed by atoms with Gasteiger partial charge in [-0.2, -0.15) is 0 Å². The van der Waals surface area contributed by atoms with Gasteiger partial charge in [-0.1, -0.05) is 42.5 Å². The molecule has 116 valence electrons. The fourth-order valence-electron chi connectivity index (χ4n) is 2.53. The Kier molecular flexibility index (Phi) is 5.30. The molecule has 2 aromatic carbocycles. The first kappa shape index (κ1) is 16.4. The average Bonchev–Trinajstić information content (AvgIpc) is 3.00. The van der Waals surface area contributed by atoms with Crippen molar-refractivity contribution in [1.82, 2.24) is 0 Å². The number of halogens is 1. The van der Waals surface area contributed by atoms with E-state index in [0.29, 0.717) is 0 Å². The summed E-state index contributed by atoms with van der Waals surface area (Å²) in [5.41, 5.74) is 4.55. The molecular weight excluding hydrogens is 415 g/mol. The van der Waals surface area contributed by atoms with Gasteiger partial charge in [0.25, 0.3) is 0 Å². The molecule has 0 spiro atoms. The number of hydrogen-bond acceptors (Lipinski definition) is 2. The molecule has 0 aliphatic carbocycles. The molecule has 0 fully saturated rings. The SMILES string of the molecule is Cc1ccc(-c2ccc(C(=CCO)c3ccc(I)cc3)cc2)s1. The average molecular weight is 432 g/mol. The summed E-state index contributed by atoms with van der Waals surface area (Å²) in [7, 11) is 0. The molecule has 0 saturated carbocycles. The van der Waals surface area contributed by atoms with Crippen LogP contribution in [0.5, 0.6) is 0 Å². The maximum absolute atomic E-state index is 9.37. The largest absolute Gasteiger partial charge is 0.392 e. The van der Waals surface area contributed by atoms with Crippen molar-refractivity contribution in [2.24, 2.45) is 0 Å². The van der Waals surface area contributed by atoms with Crippen molar-refractivity contribution in [3.8, 4) is 10.4 Å². The van der Waals surface area contributed by atoms with Gasteiger partial charge in [-0.3, -0.25) is 0 Å². The predicted octanol–water partition coefficient (Wildman–Crippen LogP) is 5.75. The van der Waals surface area contributed by atoms with Gasteiger partial charge in [-0.15, -0.1) is 11.3 Å². The normalized spacial score (nSPS) is 11.7. The molecular formula is C20H17IOS. The van der Waals surface area contributed by atoms with Crippen molar-refractivity contribution in [2.45, 2.75) is 6.92 Å². The van der Waals surface area contributed by atoms with Gasteiger partial charge in [-0.25, -0.2) is 0 Å². The standard InChI is InChI=1S/C20H17IOS/c1-14-2-11-20(23-14)17-5-3-15(4-6-17)19(12-13-22)16-7-9-18(21)10-8-16/h2-12,22H,13H2,1H3. The molecule has 0 atom stereocenters. The summed E-state index contributed by atoms with van der Waals surface area (Å²) in [6, 6.07) is 21.2. The molecule has 0 bridgehead atoms. The number of hydrogen-bond donors (Lipinski definition) is 1. The van der Waals surface area contributed by atoms with Crippen LogP contribution >= 0.6 is 33.9 Å². The predicted molar refractivity (Wildman–Crippen MR) is 108 cm³/mol. The molecule has 3 rings (SSSR count). The van der Waals surface area contributed by atoms with Gasteiger partial charge in [0.1, 0.15) is 0 Å². The minimum atomic E-state index is 0.0349. The fourth-order valence-corrected chi connectivity index (χ4v) is 3.76. The summed E-state index contributed by atoms with van der Waals surface area (Å²) in [5.74, 6) is 0. The molecule has 1 aromatic heterocycles. The Morgan fingerprint density at radius 1 is 0.957 bits per heavy atom. The van der Waals surface area contributed by atoms with Gasteiger partial charge >= 0.3 is 0 Å². The highest BCUT2D eigenvalue weighted by Crippen LogP contribution is 2.30. The number of benzene rings is 2. The van der Waals surface area contributed by atoms with Gasteiger partial charge in [-0.05, 0) is 76.0 Å². The third-order valence-electron chi connectivity index (χ3n) is 3.67. The van der Waals surface area contributed by atoms with Crippen LogP contribution in [0, 0.1) is 10.5 Å². The molecule has 0 amide bonds. The Morgan fingerprint density at radius 2 is 1.57 bits per heavy atom. The van der Waals surface area contributed by atoms with Crippen molar-refractivity contribution in [3.05, 3.63) is 86.3 Å². The van der Waals surface area contributed by atoms with Crippen molar-refractivity contribution >= 4 is 39.5 Å². The lowest BCUT2D eigenvalue weighted by Gasteiger charge is -2.09. The van der Waals surface area contributed by atoms with Crippen LogP contribution in [0.25, 0.3) is 16.0 Å². The van der Waals surface area contributed by atoms with Crippen LogP contribution in [0.4, 0.5) is 0 Å². The lowest BCUT2D eigenvalue weighted by atomic mass is 9.96. The van der Waals surface area contributed by atoms with Crippen LogP contribution in [0.1, 0.15) is 16.0 Å². The molecule has 0 saturated heterocycles. The highest BCUT2D eigenvalue weighted by molar-refractivity contribution is 14.1. The van der Waals surface area contributed by atoms with E-state index in [2.05, 4.69) is 90.2 Å². The number of aliphatic hydroxyl groups is 1. The lowest BCUT2D eigenvalue weighted by molar-refractivity contribution is 0.343. The summed E-state index contributed by atoms with van der Waals surface area (Å²) in [4.78, 5) is 2.61. The van der Waals surface area contributed by atoms with Gasteiger partial charge in [0, 0.05) is 13.3 Å². The number of aryl methyl sites for hydroxylation is 1. The van der Waals surface area contributed by atoms with Crippen LogP contribution in [0.2, 0.25) is 0 Å². The van der Waals surface area contributed by atoms with Crippen LogP contribution in [0.3, 0.4) is 0 Å². The topological polar surface area (TPSA) is 20.2 Å². The van der Waals surface area contributed by atoms with Crippen molar-refractivity contribution < 1.29 is 5.11 Å². The maximum Gasteiger partial charge on any atom is 0.0621 e. The molecule has 0 aliphatic rings. The third-order valence-corrected chi connectivity index (χ3v) is 5.44. The highest BCUT2D eigenvalue weighted by Gasteiger charge is 2.06. The molecule has 3 aromatic rings. The smallest absolute Gasteiger partial charge is 0.0621 e. The third kappa shape index (κ3) is 3.91. The monoisotopic (exact) mass is 432 g/mol. The van der Waals surface area contributed by atoms with Crippen LogP contribution in [0.15, 0.2) is 66.7 Å². The van der Waals surface area contributed by atoms with E-state index >= 15 is 0 Å².